The summed E-state index contributed by atoms with van der Waals surface area (Å²) in [7, 11) is 0. The number of aromatic nitrogens is 3. The number of nitrogens with zero attached hydrogens (tertiary/aromatic N) is 3. The van der Waals surface area contributed by atoms with Crippen molar-refractivity contribution in [3.05, 3.63) is 90.1 Å². The van der Waals surface area contributed by atoms with E-state index in [1.807, 2.05) is 42.6 Å². The second-order valence-corrected chi connectivity index (χ2v) is 7.68. The summed E-state index contributed by atoms with van der Waals surface area (Å²) >= 11 is 6.10. The number of anilines is 1. The third-order valence-corrected chi connectivity index (χ3v) is 5.50. The van der Waals surface area contributed by atoms with Crippen LogP contribution in [0.1, 0.15) is 6.42 Å². The number of aryl methyl sites for hydroxylation is 1. The lowest BCUT2D eigenvalue weighted by atomic mass is 10.2. The van der Waals surface area contributed by atoms with Gasteiger partial charge in [0.25, 0.3) is 0 Å². The van der Waals surface area contributed by atoms with Crippen LogP contribution < -0.4 is 5.32 Å². The molecule has 0 aliphatic heterocycles. The van der Waals surface area contributed by atoms with E-state index in [1.165, 1.54) is 5.52 Å². The Hall–Kier alpha value is -3.37. The summed E-state index contributed by atoms with van der Waals surface area (Å²) in [5, 5.41) is 5.34. The molecule has 0 aliphatic carbocycles. The number of nitrogens with one attached hydrogen (secondary N) is 1. The standard InChI is InChI=1S/C25H21ClN4/c26-19-11-12-20-21(13-15-28-23(20)17-19)27-14-6-16-30-24-10-5-4-9-22(24)29-25(30)18-7-2-1-3-8-18/h1-5,7-13,15,17H,6,14,16H2,(H,27,28). The van der Waals surface area contributed by atoms with Gasteiger partial charge in [-0.05, 0) is 42.8 Å². The number of hydrogen-bond donors (Lipinski definition) is 1. The van der Waals surface area contributed by atoms with Gasteiger partial charge in [-0.15, -0.1) is 0 Å². The van der Waals surface area contributed by atoms with E-state index in [1.54, 1.807) is 0 Å². The summed E-state index contributed by atoms with van der Waals surface area (Å²) in [6.07, 6.45) is 2.79. The molecule has 30 heavy (non-hydrogen) atoms. The second-order valence-electron chi connectivity index (χ2n) is 7.24. The van der Waals surface area contributed by atoms with Crippen LogP contribution in [0.3, 0.4) is 0 Å². The van der Waals surface area contributed by atoms with Gasteiger partial charge in [0.1, 0.15) is 5.82 Å². The third-order valence-electron chi connectivity index (χ3n) is 5.27. The minimum absolute atomic E-state index is 0.701. The normalized spacial score (nSPS) is 11.2. The monoisotopic (exact) mass is 412 g/mol. The van der Waals surface area contributed by atoms with Gasteiger partial charge >= 0.3 is 0 Å². The summed E-state index contributed by atoms with van der Waals surface area (Å²) in [4.78, 5) is 9.30. The minimum Gasteiger partial charge on any atom is -0.384 e. The fraction of sp³-hybridized carbons (Fsp3) is 0.120. The molecule has 0 unspecified atom stereocenters. The van der Waals surface area contributed by atoms with Gasteiger partial charge in [0, 0.05) is 40.9 Å². The van der Waals surface area contributed by atoms with Crippen LogP contribution in [0.15, 0.2) is 85.1 Å². The van der Waals surface area contributed by atoms with Gasteiger partial charge in [0.2, 0.25) is 0 Å². The topological polar surface area (TPSA) is 42.7 Å². The number of rotatable bonds is 6. The van der Waals surface area contributed by atoms with Crippen LogP contribution in [0.5, 0.6) is 0 Å². The van der Waals surface area contributed by atoms with E-state index in [2.05, 4.69) is 57.3 Å². The Labute approximate surface area is 180 Å². The summed E-state index contributed by atoms with van der Waals surface area (Å²) in [6, 6.07) is 26.5. The molecule has 148 valence electrons. The lowest BCUT2D eigenvalue weighted by Gasteiger charge is -2.12. The second kappa shape index (κ2) is 8.17. The summed E-state index contributed by atoms with van der Waals surface area (Å²) in [6.45, 7) is 1.73. The van der Waals surface area contributed by atoms with E-state index in [9.17, 15) is 0 Å². The molecule has 0 bridgehead atoms. The molecule has 2 aromatic heterocycles. The van der Waals surface area contributed by atoms with E-state index in [-0.39, 0.29) is 0 Å². The molecule has 0 radical (unpaired) electrons. The molecule has 0 saturated carbocycles. The third kappa shape index (κ3) is 3.62. The minimum atomic E-state index is 0.701. The van der Waals surface area contributed by atoms with Gasteiger partial charge in [-0.25, -0.2) is 4.98 Å². The first-order valence-corrected chi connectivity index (χ1v) is 10.5. The highest BCUT2D eigenvalue weighted by Gasteiger charge is 2.12. The molecule has 0 spiro atoms. The lowest BCUT2D eigenvalue weighted by molar-refractivity contribution is 0.684. The van der Waals surface area contributed by atoms with E-state index in [0.717, 1.165) is 53.0 Å². The van der Waals surface area contributed by atoms with Gasteiger partial charge < -0.3 is 9.88 Å². The molecule has 0 aliphatic rings. The molecule has 4 nitrogen and oxygen atoms in total. The van der Waals surface area contributed by atoms with Crippen LogP contribution in [-0.2, 0) is 6.54 Å². The molecule has 0 fully saturated rings. The zero-order valence-electron chi connectivity index (χ0n) is 16.4. The van der Waals surface area contributed by atoms with E-state index in [4.69, 9.17) is 16.6 Å². The van der Waals surface area contributed by atoms with Crippen molar-refractivity contribution in [2.45, 2.75) is 13.0 Å². The molecular weight excluding hydrogens is 392 g/mol. The van der Waals surface area contributed by atoms with E-state index in [0.29, 0.717) is 5.02 Å². The van der Waals surface area contributed by atoms with E-state index < -0.39 is 0 Å². The molecule has 1 N–H and O–H groups in total. The van der Waals surface area contributed by atoms with Crippen molar-refractivity contribution in [2.24, 2.45) is 0 Å². The summed E-state index contributed by atoms with van der Waals surface area (Å²) in [5.41, 5.74) is 5.32. The zero-order valence-corrected chi connectivity index (χ0v) is 17.2. The highest BCUT2D eigenvalue weighted by Crippen LogP contribution is 2.26. The molecule has 5 heteroatoms. The van der Waals surface area contributed by atoms with Gasteiger partial charge in [-0.2, -0.15) is 0 Å². The molecular formula is C25H21ClN4. The molecule has 0 amide bonds. The van der Waals surface area contributed by atoms with Crippen molar-refractivity contribution < 1.29 is 0 Å². The van der Waals surface area contributed by atoms with Crippen molar-refractivity contribution in [3.63, 3.8) is 0 Å². The smallest absolute Gasteiger partial charge is 0.141 e. The Bertz CT molecular complexity index is 1310. The molecule has 0 atom stereocenters. The maximum Gasteiger partial charge on any atom is 0.141 e. The maximum atomic E-state index is 6.10. The first-order chi connectivity index (χ1) is 14.8. The fourth-order valence-electron chi connectivity index (χ4n) is 3.85. The average molecular weight is 413 g/mol. The maximum absolute atomic E-state index is 6.10. The SMILES string of the molecule is Clc1ccc2c(NCCCn3c(-c4ccccc4)nc4ccccc43)ccnc2c1. The molecule has 5 aromatic rings. The van der Waals surface area contributed by atoms with Gasteiger partial charge in [0.15, 0.2) is 0 Å². The quantitative estimate of drug-likeness (QED) is 0.328. The largest absolute Gasteiger partial charge is 0.384 e. The molecule has 5 rings (SSSR count). The predicted octanol–water partition coefficient (Wildman–Crippen LogP) is 6.41. The molecule has 3 aromatic carbocycles. The predicted molar refractivity (Wildman–Crippen MR) is 125 cm³/mol. The highest BCUT2D eigenvalue weighted by molar-refractivity contribution is 6.31. The Balaban J connectivity index is 1.36. The van der Waals surface area contributed by atoms with Crippen LogP contribution in [0.4, 0.5) is 5.69 Å². The lowest BCUT2D eigenvalue weighted by Crippen LogP contribution is -2.08. The van der Waals surface area contributed by atoms with Crippen molar-refractivity contribution in [1.82, 2.24) is 14.5 Å². The number of fused-ring (bicyclic) bond motifs is 2. The Morgan fingerprint density at radius 1 is 0.867 bits per heavy atom. The van der Waals surface area contributed by atoms with Crippen LogP contribution in [0, 0.1) is 0 Å². The van der Waals surface area contributed by atoms with Crippen LogP contribution in [0.25, 0.3) is 33.3 Å². The Kier molecular flexibility index (Phi) is 5.08. The Morgan fingerprint density at radius 2 is 1.70 bits per heavy atom. The Morgan fingerprint density at radius 3 is 2.60 bits per heavy atom. The van der Waals surface area contributed by atoms with Crippen molar-refractivity contribution in [1.29, 1.82) is 0 Å². The molecule has 2 heterocycles. The highest BCUT2D eigenvalue weighted by atomic mass is 35.5. The van der Waals surface area contributed by atoms with Crippen molar-refractivity contribution in [3.8, 4) is 11.4 Å². The first kappa shape index (κ1) is 18.6. The summed E-state index contributed by atoms with van der Waals surface area (Å²) in [5.74, 6) is 1.01. The van der Waals surface area contributed by atoms with Crippen molar-refractivity contribution in [2.75, 3.05) is 11.9 Å². The number of hydrogen-bond acceptors (Lipinski definition) is 3. The average Bonchev–Trinajstić information content (AvgIpc) is 3.16. The van der Waals surface area contributed by atoms with Crippen LogP contribution in [0.2, 0.25) is 5.02 Å². The first-order valence-electron chi connectivity index (χ1n) is 10.1. The van der Waals surface area contributed by atoms with Crippen molar-refractivity contribution >= 4 is 39.2 Å². The number of benzene rings is 3. The fourth-order valence-corrected chi connectivity index (χ4v) is 4.01. The van der Waals surface area contributed by atoms with Crippen LogP contribution >= 0.6 is 11.6 Å². The van der Waals surface area contributed by atoms with E-state index >= 15 is 0 Å². The zero-order chi connectivity index (χ0) is 20.3. The van der Waals surface area contributed by atoms with Gasteiger partial charge in [-0.1, -0.05) is 54.1 Å². The number of imidazole rings is 1. The van der Waals surface area contributed by atoms with Crippen LogP contribution in [-0.4, -0.2) is 21.1 Å². The van der Waals surface area contributed by atoms with Gasteiger partial charge in [-0.3, -0.25) is 4.98 Å². The summed E-state index contributed by atoms with van der Waals surface area (Å²) < 4.78 is 2.32. The molecule has 0 saturated heterocycles. The number of halogens is 1. The number of pyridine rings is 1. The number of para-hydroxylation sites is 2. The van der Waals surface area contributed by atoms with Gasteiger partial charge in [0.05, 0.1) is 16.6 Å².